The van der Waals surface area contributed by atoms with E-state index in [1.165, 1.54) is 0 Å². The standard InChI is InChI=1S/C32H20N8/c1-2-10-18-17(9-1)25-33-26(18)38-28-21-13-5-6-14-22(21)30(35-28)40-32-24-16-8-7-15-23(24)31(36-32)39-29-20-12-4-3-11-19(20)27(34-29)37-25/h1-16,25-26,33H,(H,34,35,36,37,38,39,40). The second kappa shape index (κ2) is 8.08. The van der Waals surface area contributed by atoms with Gasteiger partial charge in [-0.3, -0.25) is 5.32 Å². The molecule has 0 saturated heterocycles. The van der Waals surface area contributed by atoms with Crippen LogP contribution in [-0.4, -0.2) is 28.3 Å². The third kappa shape index (κ3) is 3.11. The van der Waals surface area contributed by atoms with Gasteiger partial charge in [0.05, 0.1) is 0 Å². The first kappa shape index (κ1) is 21.6. The van der Waals surface area contributed by atoms with Gasteiger partial charge in [-0.15, -0.1) is 0 Å². The molecule has 0 amide bonds. The molecule has 2 unspecified atom stereocenters. The summed E-state index contributed by atoms with van der Waals surface area (Å²) in [5.41, 5.74) is 7.35. The molecule has 5 aromatic rings. The van der Waals surface area contributed by atoms with Crippen molar-refractivity contribution < 1.29 is 0 Å². The van der Waals surface area contributed by atoms with Crippen LogP contribution in [0.5, 0.6) is 0 Å². The predicted octanol–water partition coefficient (Wildman–Crippen LogP) is 4.14. The molecule has 0 fully saturated rings. The largest absolute Gasteiger partial charge is 0.324 e. The summed E-state index contributed by atoms with van der Waals surface area (Å²) < 4.78 is 0. The van der Waals surface area contributed by atoms with Gasteiger partial charge < -0.3 is 4.98 Å². The van der Waals surface area contributed by atoms with Crippen LogP contribution >= 0.6 is 0 Å². The first-order chi connectivity index (χ1) is 19.8. The van der Waals surface area contributed by atoms with E-state index in [0.717, 1.165) is 44.2 Å². The number of H-pyrrole nitrogens is 1. The molecule has 0 radical (unpaired) electrons. The van der Waals surface area contributed by atoms with Crippen molar-refractivity contribution in [3.63, 3.8) is 0 Å². The van der Waals surface area contributed by atoms with E-state index in [-0.39, 0.29) is 12.3 Å². The Balaban J connectivity index is 1.38. The lowest BCUT2D eigenvalue weighted by Gasteiger charge is -2.10. The molecule has 9 rings (SSSR count). The van der Waals surface area contributed by atoms with Crippen molar-refractivity contribution in [1.82, 2.24) is 10.3 Å². The van der Waals surface area contributed by atoms with E-state index in [0.29, 0.717) is 34.3 Å². The number of amidine groups is 4. The lowest BCUT2D eigenvalue weighted by Crippen LogP contribution is -2.17. The second-order valence-electron chi connectivity index (χ2n) is 10.1. The van der Waals surface area contributed by atoms with Gasteiger partial charge in [0.25, 0.3) is 0 Å². The van der Waals surface area contributed by atoms with Crippen molar-refractivity contribution in [2.24, 2.45) is 30.0 Å². The number of aromatic nitrogens is 1. The van der Waals surface area contributed by atoms with E-state index in [9.17, 15) is 0 Å². The van der Waals surface area contributed by atoms with Crippen molar-refractivity contribution >= 4 is 34.1 Å². The lowest BCUT2D eigenvalue weighted by molar-refractivity contribution is 0.523. The summed E-state index contributed by atoms with van der Waals surface area (Å²) >= 11 is 0. The molecule has 8 nitrogen and oxygen atoms in total. The molecule has 4 aliphatic rings. The molecular formula is C32H20N8. The van der Waals surface area contributed by atoms with E-state index in [1.807, 2.05) is 84.9 Å². The molecule has 188 valence electrons. The molecule has 4 aliphatic heterocycles. The van der Waals surface area contributed by atoms with Gasteiger partial charge in [0.15, 0.2) is 23.3 Å². The average molecular weight is 517 g/mol. The molecule has 2 N–H and O–H groups in total. The van der Waals surface area contributed by atoms with Crippen molar-refractivity contribution in [2.45, 2.75) is 12.3 Å². The quantitative estimate of drug-likeness (QED) is 0.318. The van der Waals surface area contributed by atoms with Crippen molar-refractivity contribution in [1.29, 1.82) is 0 Å². The van der Waals surface area contributed by atoms with E-state index in [2.05, 4.69) is 22.4 Å². The number of fused-ring (bicyclic) bond motifs is 18. The molecular weight excluding hydrogens is 496 g/mol. The highest BCUT2D eigenvalue weighted by molar-refractivity contribution is 6.23. The number of nitrogens with zero attached hydrogens (tertiary/aromatic N) is 6. The van der Waals surface area contributed by atoms with Gasteiger partial charge in [-0.1, -0.05) is 97.1 Å². The van der Waals surface area contributed by atoms with Crippen molar-refractivity contribution in [3.8, 4) is 0 Å². The van der Waals surface area contributed by atoms with E-state index in [1.54, 1.807) is 0 Å². The van der Waals surface area contributed by atoms with Crippen molar-refractivity contribution in [2.75, 3.05) is 0 Å². The lowest BCUT2D eigenvalue weighted by atomic mass is 10.1. The van der Waals surface area contributed by atoms with Crippen LogP contribution in [0.3, 0.4) is 0 Å². The average Bonchev–Trinajstić information content (AvgIpc) is 3.73. The van der Waals surface area contributed by atoms with Crippen LogP contribution in [-0.2, 0) is 0 Å². The van der Waals surface area contributed by atoms with Crippen LogP contribution in [0.15, 0.2) is 127 Å². The van der Waals surface area contributed by atoms with Gasteiger partial charge in [-0.05, 0) is 11.1 Å². The molecule has 2 atom stereocenters. The number of aromatic amines is 1. The summed E-state index contributed by atoms with van der Waals surface area (Å²) in [6.07, 6.45) is -0.625. The Bertz CT molecular complexity index is 2010. The number of hydrogen-bond acceptors (Lipinski definition) is 7. The van der Waals surface area contributed by atoms with Gasteiger partial charge in [-0.2, -0.15) is 0 Å². The highest BCUT2D eigenvalue weighted by Crippen LogP contribution is 2.37. The van der Waals surface area contributed by atoms with Crippen LogP contribution in [0.25, 0.3) is 10.8 Å². The number of nitrogens with one attached hydrogen (secondary N) is 2. The maximum absolute atomic E-state index is 5.12. The zero-order chi connectivity index (χ0) is 26.2. The summed E-state index contributed by atoms with van der Waals surface area (Å²) in [4.78, 5) is 33.6. The Hall–Kier alpha value is -5.34. The monoisotopic (exact) mass is 516 g/mol. The molecule has 40 heavy (non-hydrogen) atoms. The first-order valence-electron chi connectivity index (χ1n) is 13.2. The fraction of sp³-hybridized carbons (Fsp3) is 0.0625. The van der Waals surface area contributed by atoms with Gasteiger partial charge in [0.2, 0.25) is 0 Å². The van der Waals surface area contributed by atoms with Gasteiger partial charge in [0, 0.05) is 33.0 Å². The summed E-state index contributed by atoms with van der Waals surface area (Å²) in [5.74, 6) is 2.53. The molecule has 8 bridgehead atoms. The fourth-order valence-corrected chi connectivity index (χ4v) is 5.88. The minimum atomic E-state index is -0.313. The predicted molar refractivity (Wildman–Crippen MR) is 155 cm³/mol. The Kier molecular flexibility index (Phi) is 4.36. The molecule has 0 aliphatic carbocycles. The summed E-state index contributed by atoms with van der Waals surface area (Å²) in [6.45, 7) is 0. The zero-order valence-electron chi connectivity index (χ0n) is 21.1. The number of rotatable bonds is 0. The number of aliphatic imine (C=N–C) groups is 4. The van der Waals surface area contributed by atoms with E-state index in [4.69, 9.17) is 30.0 Å². The van der Waals surface area contributed by atoms with Crippen LogP contribution in [0.4, 0.5) is 0 Å². The Morgan fingerprint density at radius 2 is 0.825 bits per heavy atom. The molecule has 8 heteroatoms. The van der Waals surface area contributed by atoms with Gasteiger partial charge in [0.1, 0.15) is 23.3 Å². The Morgan fingerprint density at radius 3 is 1.30 bits per heavy atom. The van der Waals surface area contributed by atoms with Crippen LogP contribution in [0.2, 0.25) is 0 Å². The molecule has 1 aromatic heterocycles. The summed E-state index contributed by atoms with van der Waals surface area (Å²) in [6, 6.07) is 32.6. The van der Waals surface area contributed by atoms with Gasteiger partial charge >= 0.3 is 0 Å². The van der Waals surface area contributed by atoms with Gasteiger partial charge in [-0.25, -0.2) is 30.0 Å². The molecule has 0 saturated carbocycles. The molecule has 5 heterocycles. The summed E-state index contributed by atoms with van der Waals surface area (Å²) in [5, 5.41) is 5.54. The fourth-order valence-electron chi connectivity index (χ4n) is 5.88. The highest BCUT2D eigenvalue weighted by Gasteiger charge is 2.33. The summed E-state index contributed by atoms with van der Waals surface area (Å²) in [7, 11) is 0. The maximum Gasteiger partial charge on any atom is 0.164 e. The normalized spacial score (nSPS) is 22.5. The second-order valence-corrected chi connectivity index (χ2v) is 10.1. The highest BCUT2D eigenvalue weighted by atomic mass is 15.2. The minimum absolute atomic E-state index is 0.313. The third-order valence-corrected chi connectivity index (χ3v) is 7.75. The SMILES string of the molecule is c1ccc2c(c1)C1=N/C2=N\C2NC(/N=C3\N=C(N=c4[nH]c(c5ccccc45)=N1)c1ccccc13)c1ccccc12. The molecule has 4 aromatic carbocycles. The van der Waals surface area contributed by atoms with E-state index < -0.39 is 0 Å². The van der Waals surface area contributed by atoms with Crippen molar-refractivity contribution in [3.05, 3.63) is 141 Å². The maximum atomic E-state index is 5.12. The Labute approximate surface area is 228 Å². The molecule has 0 spiro atoms. The van der Waals surface area contributed by atoms with E-state index >= 15 is 0 Å². The topological polar surface area (TPSA) is 102 Å². The first-order valence-corrected chi connectivity index (χ1v) is 13.2. The minimum Gasteiger partial charge on any atom is -0.324 e. The number of benzene rings is 4. The third-order valence-electron chi connectivity index (χ3n) is 7.75. The zero-order valence-corrected chi connectivity index (χ0v) is 21.1. The Morgan fingerprint density at radius 1 is 0.425 bits per heavy atom. The van der Waals surface area contributed by atoms with Crippen LogP contribution in [0.1, 0.15) is 45.7 Å². The number of hydrogen-bond donors (Lipinski definition) is 2. The van der Waals surface area contributed by atoms with Crippen LogP contribution in [0, 0.1) is 0 Å². The smallest absolute Gasteiger partial charge is 0.164 e. The van der Waals surface area contributed by atoms with Crippen LogP contribution < -0.4 is 16.3 Å².